The highest BCUT2D eigenvalue weighted by Gasteiger charge is 2.17. The summed E-state index contributed by atoms with van der Waals surface area (Å²) in [5.41, 5.74) is 0. The standard InChI is InChI=1S/C2H6N4O4/c3-5(1(7)8)6(4)2(9)10/h3-4H2,(H,7,8)(H,9,10). The Morgan fingerprint density at radius 1 is 1.00 bits per heavy atom. The summed E-state index contributed by atoms with van der Waals surface area (Å²) in [5.74, 6) is 9.23. The van der Waals surface area contributed by atoms with Crippen molar-refractivity contribution in [3.8, 4) is 0 Å². The molecule has 8 nitrogen and oxygen atoms in total. The zero-order valence-corrected chi connectivity index (χ0v) is 4.76. The molecule has 6 N–H and O–H groups in total. The van der Waals surface area contributed by atoms with Crippen molar-refractivity contribution in [3.05, 3.63) is 0 Å². The Kier molecular flexibility index (Phi) is 2.41. The highest BCUT2D eigenvalue weighted by molar-refractivity contribution is 5.70. The summed E-state index contributed by atoms with van der Waals surface area (Å²) >= 11 is 0. The van der Waals surface area contributed by atoms with Gasteiger partial charge in [-0.05, 0) is 0 Å². The van der Waals surface area contributed by atoms with Crippen LogP contribution in [0.1, 0.15) is 0 Å². The molecule has 58 valence electrons. The molecular weight excluding hydrogens is 144 g/mol. The molecule has 0 radical (unpaired) electrons. The van der Waals surface area contributed by atoms with Crippen molar-refractivity contribution in [2.75, 3.05) is 0 Å². The predicted octanol–water partition coefficient (Wildman–Crippen LogP) is -1.39. The Morgan fingerprint density at radius 3 is 1.30 bits per heavy atom. The Labute approximate surface area is 55.1 Å². The van der Waals surface area contributed by atoms with Crippen LogP contribution in [0.4, 0.5) is 9.59 Å². The molecule has 0 aromatic heterocycles. The predicted molar refractivity (Wildman–Crippen MR) is 28.1 cm³/mol. The van der Waals surface area contributed by atoms with Gasteiger partial charge in [-0.25, -0.2) is 21.3 Å². The maximum absolute atomic E-state index is 9.86. The van der Waals surface area contributed by atoms with Crippen LogP contribution in [0, 0.1) is 0 Å². The first-order valence-corrected chi connectivity index (χ1v) is 2.02. The second kappa shape index (κ2) is 2.85. The number of rotatable bonds is 0. The first kappa shape index (κ1) is 8.46. The lowest BCUT2D eigenvalue weighted by Crippen LogP contribution is -2.56. The molecule has 0 bridgehead atoms. The number of hydrogen-bond acceptors (Lipinski definition) is 4. The largest absolute Gasteiger partial charge is 0.463 e. The zero-order chi connectivity index (χ0) is 8.31. The zero-order valence-electron chi connectivity index (χ0n) is 4.76. The molecule has 10 heavy (non-hydrogen) atoms. The fourth-order valence-corrected chi connectivity index (χ4v) is 0.184. The third-order valence-electron chi connectivity index (χ3n) is 0.624. The van der Waals surface area contributed by atoms with E-state index in [9.17, 15) is 9.59 Å². The van der Waals surface area contributed by atoms with Crippen LogP contribution in [0.2, 0.25) is 0 Å². The van der Waals surface area contributed by atoms with Crippen molar-refractivity contribution in [1.29, 1.82) is 0 Å². The summed E-state index contributed by atoms with van der Waals surface area (Å²) < 4.78 is 0. The van der Waals surface area contributed by atoms with Crippen LogP contribution < -0.4 is 11.7 Å². The Morgan fingerprint density at radius 2 is 1.20 bits per heavy atom. The number of hydrogen-bond donors (Lipinski definition) is 4. The second-order valence-corrected chi connectivity index (χ2v) is 1.25. The number of nitrogens with zero attached hydrogens (tertiary/aromatic N) is 2. The summed E-state index contributed by atoms with van der Waals surface area (Å²) in [6.45, 7) is 0. The van der Waals surface area contributed by atoms with Crippen LogP contribution in [-0.4, -0.2) is 32.6 Å². The van der Waals surface area contributed by atoms with Crippen molar-refractivity contribution < 1.29 is 19.8 Å². The van der Waals surface area contributed by atoms with Crippen molar-refractivity contribution in [2.24, 2.45) is 11.7 Å². The molecule has 0 aromatic rings. The Bertz CT molecular complexity index is 139. The molecule has 0 heterocycles. The molecule has 0 rings (SSSR count). The SMILES string of the molecule is NN(C(=O)O)N(N)C(=O)O. The van der Waals surface area contributed by atoms with Gasteiger partial charge >= 0.3 is 12.2 Å². The molecule has 0 aliphatic rings. The third-order valence-corrected chi connectivity index (χ3v) is 0.624. The normalized spacial score (nSPS) is 8.60. The van der Waals surface area contributed by atoms with E-state index in [1.165, 1.54) is 0 Å². The van der Waals surface area contributed by atoms with E-state index >= 15 is 0 Å². The van der Waals surface area contributed by atoms with E-state index in [0.29, 0.717) is 0 Å². The maximum Gasteiger partial charge on any atom is 0.442 e. The minimum absolute atomic E-state index is 0.164. The van der Waals surface area contributed by atoms with E-state index in [2.05, 4.69) is 11.7 Å². The Hall–Kier alpha value is -1.54. The number of nitrogens with two attached hydrogens (primary N) is 2. The molecule has 0 aromatic carbocycles. The molecule has 0 atom stereocenters. The number of amides is 2. The summed E-state index contributed by atoms with van der Waals surface area (Å²) in [5, 5.41) is 15.7. The average molecular weight is 150 g/mol. The van der Waals surface area contributed by atoms with E-state index in [0.717, 1.165) is 0 Å². The highest BCUT2D eigenvalue weighted by atomic mass is 16.4. The van der Waals surface area contributed by atoms with Crippen LogP contribution in [0.3, 0.4) is 0 Å². The molecule has 8 heteroatoms. The van der Waals surface area contributed by atoms with Crippen LogP contribution >= 0.6 is 0 Å². The smallest absolute Gasteiger partial charge is 0.442 e. The van der Waals surface area contributed by atoms with Gasteiger partial charge < -0.3 is 10.2 Å². The molecular formula is C2H6N4O4. The van der Waals surface area contributed by atoms with Crippen molar-refractivity contribution in [3.63, 3.8) is 0 Å². The van der Waals surface area contributed by atoms with Gasteiger partial charge in [-0.15, -0.1) is 10.2 Å². The number of carboxylic acid groups (broad SMARTS) is 2. The monoisotopic (exact) mass is 150 g/mol. The Balaban J connectivity index is 4.07. The van der Waals surface area contributed by atoms with Gasteiger partial charge in [0.2, 0.25) is 0 Å². The fourth-order valence-electron chi connectivity index (χ4n) is 0.184. The first-order valence-electron chi connectivity index (χ1n) is 2.02. The lowest BCUT2D eigenvalue weighted by molar-refractivity contribution is -0.000150. The molecule has 0 unspecified atom stereocenters. The summed E-state index contributed by atoms with van der Waals surface area (Å²) in [7, 11) is 0. The number of carbonyl (C=O) groups is 2. The molecule has 0 aliphatic carbocycles. The lowest BCUT2D eigenvalue weighted by atomic mass is 11.1. The quantitative estimate of drug-likeness (QED) is 0.191. The van der Waals surface area contributed by atoms with Crippen molar-refractivity contribution in [1.82, 2.24) is 10.2 Å². The van der Waals surface area contributed by atoms with Gasteiger partial charge in [-0.1, -0.05) is 0 Å². The van der Waals surface area contributed by atoms with Crippen molar-refractivity contribution in [2.45, 2.75) is 0 Å². The topological polar surface area (TPSA) is 133 Å². The van der Waals surface area contributed by atoms with Crippen LogP contribution in [-0.2, 0) is 0 Å². The van der Waals surface area contributed by atoms with Gasteiger partial charge in [0.15, 0.2) is 0 Å². The molecule has 0 aliphatic heterocycles. The van der Waals surface area contributed by atoms with E-state index < -0.39 is 12.2 Å². The number of hydrazine groups is 3. The second-order valence-electron chi connectivity index (χ2n) is 1.25. The van der Waals surface area contributed by atoms with Gasteiger partial charge in [0.05, 0.1) is 0 Å². The molecule has 0 saturated heterocycles. The van der Waals surface area contributed by atoms with Gasteiger partial charge in [-0.2, -0.15) is 0 Å². The highest BCUT2D eigenvalue weighted by Crippen LogP contribution is 1.83. The van der Waals surface area contributed by atoms with E-state index in [4.69, 9.17) is 10.2 Å². The van der Waals surface area contributed by atoms with Gasteiger partial charge in [0.25, 0.3) is 0 Å². The maximum atomic E-state index is 9.86. The lowest BCUT2D eigenvalue weighted by Gasteiger charge is -2.19. The van der Waals surface area contributed by atoms with Gasteiger partial charge in [-0.3, -0.25) is 0 Å². The molecule has 2 amide bonds. The summed E-state index contributed by atoms with van der Waals surface area (Å²) in [6.07, 6.45) is -3.32. The third kappa shape index (κ3) is 1.76. The fraction of sp³-hybridized carbons (Fsp3) is 0. The van der Waals surface area contributed by atoms with Gasteiger partial charge in [0, 0.05) is 0 Å². The minimum Gasteiger partial charge on any atom is -0.463 e. The minimum atomic E-state index is -1.66. The van der Waals surface area contributed by atoms with Crippen LogP contribution in [0.5, 0.6) is 0 Å². The molecule has 0 spiro atoms. The molecule has 0 saturated carbocycles. The van der Waals surface area contributed by atoms with E-state index in [1.54, 1.807) is 0 Å². The summed E-state index contributed by atoms with van der Waals surface area (Å²) in [4.78, 5) is 19.7. The molecule has 0 fully saturated rings. The van der Waals surface area contributed by atoms with Crippen LogP contribution in [0.25, 0.3) is 0 Å². The van der Waals surface area contributed by atoms with E-state index in [1.807, 2.05) is 0 Å². The van der Waals surface area contributed by atoms with Crippen LogP contribution in [0.15, 0.2) is 0 Å². The first-order chi connectivity index (χ1) is 4.46. The van der Waals surface area contributed by atoms with E-state index in [-0.39, 0.29) is 10.2 Å². The van der Waals surface area contributed by atoms with Crippen molar-refractivity contribution >= 4 is 12.2 Å². The summed E-state index contributed by atoms with van der Waals surface area (Å²) in [6, 6.07) is 0. The average Bonchev–Trinajstić information content (AvgIpc) is 1.84. The van der Waals surface area contributed by atoms with Gasteiger partial charge in [0.1, 0.15) is 0 Å².